The summed E-state index contributed by atoms with van der Waals surface area (Å²) in [7, 11) is 0. The molecule has 0 aromatic carbocycles. The minimum atomic E-state index is 0.425. The Morgan fingerprint density at radius 1 is 0.632 bits per heavy atom. The van der Waals surface area contributed by atoms with Crippen molar-refractivity contribution in [3.8, 4) is 0 Å². The third-order valence-electron chi connectivity index (χ3n) is 3.77. The van der Waals surface area contributed by atoms with Gasteiger partial charge in [-0.25, -0.2) is 0 Å². The van der Waals surface area contributed by atoms with Crippen LogP contribution in [0.5, 0.6) is 0 Å². The van der Waals surface area contributed by atoms with E-state index in [0.29, 0.717) is 5.38 Å². The van der Waals surface area contributed by atoms with Crippen LogP contribution >= 0.6 is 23.2 Å². The molecule has 0 saturated carbocycles. The summed E-state index contributed by atoms with van der Waals surface area (Å²) in [5.74, 6) is 0.821. The van der Waals surface area contributed by atoms with E-state index in [-0.39, 0.29) is 0 Å². The first-order valence-electron chi connectivity index (χ1n) is 8.51. The highest BCUT2D eigenvalue weighted by Crippen LogP contribution is 2.18. The molecule has 0 bridgehead atoms. The lowest BCUT2D eigenvalue weighted by Gasteiger charge is -2.09. The summed E-state index contributed by atoms with van der Waals surface area (Å²) < 4.78 is 0. The third kappa shape index (κ3) is 16.5. The van der Waals surface area contributed by atoms with Gasteiger partial charge in [0, 0.05) is 11.3 Å². The monoisotopic (exact) mass is 308 g/mol. The van der Waals surface area contributed by atoms with Gasteiger partial charge in [-0.2, -0.15) is 0 Å². The number of halogens is 2. The molecule has 19 heavy (non-hydrogen) atoms. The lowest BCUT2D eigenvalue weighted by molar-refractivity contribution is 0.539. The number of unbranched alkanes of at least 4 members (excludes halogenated alkanes) is 10. The SMILES string of the molecule is CCCCCCCCC(Cl)CCCCCCCCCl. The fraction of sp³-hybridized carbons (Fsp3) is 1.00. The normalized spacial score (nSPS) is 12.8. The third-order valence-corrected chi connectivity index (χ3v) is 4.48. The molecule has 116 valence electrons. The molecule has 0 N–H and O–H groups in total. The lowest BCUT2D eigenvalue weighted by atomic mass is 10.0. The predicted octanol–water partition coefficient (Wildman–Crippen LogP) is 7.31. The van der Waals surface area contributed by atoms with Gasteiger partial charge in [0.15, 0.2) is 0 Å². The van der Waals surface area contributed by atoms with Gasteiger partial charge in [0.1, 0.15) is 0 Å². The van der Waals surface area contributed by atoms with Crippen LogP contribution in [0.25, 0.3) is 0 Å². The summed E-state index contributed by atoms with van der Waals surface area (Å²) in [6, 6.07) is 0. The molecule has 0 aliphatic heterocycles. The highest BCUT2D eigenvalue weighted by Gasteiger charge is 2.03. The Hall–Kier alpha value is 0.580. The molecule has 0 aliphatic rings. The second kappa shape index (κ2) is 16.6. The quantitative estimate of drug-likeness (QED) is 0.220. The Kier molecular flexibility index (Phi) is 17.1. The predicted molar refractivity (Wildman–Crippen MR) is 90.7 cm³/mol. The molecule has 0 heterocycles. The molecule has 0 rings (SSSR count). The van der Waals surface area contributed by atoms with Crippen molar-refractivity contribution in [2.75, 3.05) is 5.88 Å². The van der Waals surface area contributed by atoms with Crippen molar-refractivity contribution in [3.63, 3.8) is 0 Å². The van der Waals surface area contributed by atoms with E-state index in [0.717, 1.165) is 5.88 Å². The highest BCUT2D eigenvalue weighted by molar-refractivity contribution is 6.20. The van der Waals surface area contributed by atoms with Crippen LogP contribution in [0.3, 0.4) is 0 Å². The van der Waals surface area contributed by atoms with E-state index in [1.54, 1.807) is 0 Å². The summed E-state index contributed by atoms with van der Waals surface area (Å²) in [6.07, 6.45) is 18.5. The van der Waals surface area contributed by atoms with Crippen LogP contribution in [-0.4, -0.2) is 11.3 Å². The molecule has 0 saturated heterocycles. The Morgan fingerprint density at radius 2 is 1.05 bits per heavy atom. The molecule has 0 aromatic heterocycles. The van der Waals surface area contributed by atoms with Crippen LogP contribution in [0.2, 0.25) is 0 Å². The highest BCUT2D eigenvalue weighted by atomic mass is 35.5. The van der Waals surface area contributed by atoms with Crippen molar-refractivity contribution < 1.29 is 0 Å². The van der Waals surface area contributed by atoms with E-state index >= 15 is 0 Å². The fourth-order valence-corrected chi connectivity index (χ4v) is 2.96. The molecule has 1 atom stereocenters. The Bertz CT molecular complexity index is 159. The molecular weight excluding hydrogens is 275 g/mol. The van der Waals surface area contributed by atoms with Crippen molar-refractivity contribution in [1.82, 2.24) is 0 Å². The molecule has 0 nitrogen and oxygen atoms in total. The second-order valence-corrected chi connectivity index (χ2v) is 6.75. The van der Waals surface area contributed by atoms with Gasteiger partial charge >= 0.3 is 0 Å². The van der Waals surface area contributed by atoms with E-state index in [1.165, 1.54) is 89.9 Å². The largest absolute Gasteiger partial charge is 0.127 e. The summed E-state index contributed by atoms with van der Waals surface area (Å²) in [6.45, 7) is 2.27. The Morgan fingerprint density at radius 3 is 1.53 bits per heavy atom. The minimum absolute atomic E-state index is 0.425. The van der Waals surface area contributed by atoms with E-state index in [1.807, 2.05) is 0 Å². The first kappa shape index (κ1) is 19.6. The second-order valence-electron chi connectivity index (χ2n) is 5.75. The van der Waals surface area contributed by atoms with E-state index in [4.69, 9.17) is 23.2 Å². The molecule has 0 aliphatic carbocycles. The van der Waals surface area contributed by atoms with Gasteiger partial charge in [-0.05, 0) is 19.3 Å². The topological polar surface area (TPSA) is 0 Å². The Balaban J connectivity index is 3.10. The van der Waals surface area contributed by atoms with E-state index < -0.39 is 0 Å². The fourth-order valence-electron chi connectivity index (χ4n) is 2.46. The summed E-state index contributed by atoms with van der Waals surface area (Å²) in [4.78, 5) is 0. The van der Waals surface area contributed by atoms with Crippen molar-refractivity contribution in [1.29, 1.82) is 0 Å². The molecule has 1 unspecified atom stereocenters. The lowest BCUT2D eigenvalue weighted by Crippen LogP contribution is -1.98. The number of hydrogen-bond donors (Lipinski definition) is 0. The van der Waals surface area contributed by atoms with Gasteiger partial charge in [0.05, 0.1) is 0 Å². The van der Waals surface area contributed by atoms with Crippen molar-refractivity contribution >= 4 is 23.2 Å². The molecular formula is C17H34Cl2. The van der Waals surface area contributed by atoms with Crippen LogP contribution in [0, 0.1) is 0 Å². The van der Waals surface area contributed by atoms with Gasteiger partial charge in [-0.1, -0.05) is 77.6 Å². The van der Waals surface area contributed by atoms with Crippen LogP contribution in [0.4, 0.5) is 0 Å². The number of hydrogen-bond acceptors (Lipinski definition) is 0. The van der Waals surface area contributed by atoms with E-state index in [2.05, 4.69) is 6.92 Å². The van der Waals surface area contributed by atoms with Gasteiger partial charge in [-0.15, -0.1) is 23.2 Å². The van der Waals surface area contributed by atoms with Crippen LogP contribution in [0.15, 0.2) is 0 Å². The van der Waals surface area contributed by atoms with Gasteiger partial charge in [-0.3, -0.25) is 0 Å². The molecule has 0 spiro atoms. The average molecular weight is 309 g/mol. The standard InChI is InChI=1S/C17H34Cl2/c1-2-3-4-5-8-11-14-17(19)15-12-9-6-7-10-13-16-18/h17H,2-16H2,1H3. The van der Waals surface area contributed by atoms with Crippen LogP contribution in [0.1, 0.15) is 96.8 Å². The van der Waals surface area contributed by atoms with Crippen molar-refractivity contribution in [2.24, 2.45) is 0 Å². The van der Waals surface area contributed by atoms with Gasteiger partial charge < -0.3 is 0 Å². The molecule has 0 fully saturated rings. The summed E-state index contributed by atoms with van der Waals surface area (Å²) >= 11 is 12.0. The molecule has 0 radical (unpaired) electrons. The van der Waals surface area contributed by atoms with Gasteiger partial charge in [0.25, 0.3) is 0 Å². The zero-order valence-corrected chi connectivity index (χ0v) is 14.5. The maximum atomic E-state index is 6.37. The van der Waals surface area contributed by atoms with Crippen LogP contribution < -0.4 is 0 Å². The number of alkyl halides is 2. The smallest absolute Gasteiger partial charge is 0.0336 e. The van der Waals surface area contributed by atoms with Crippen LogP contribution in [-0.2, 0) is 0 Å². The first-order chi connectivity index (χ1) is 9.31. The van der Waals surface area contributed by atoms with E-state index in [9.17, 15) is 0 Å². The van der Waals surface area contributed by atoms with Crippen molar-refractivity contribution in [2.45, 2.75) is 102 Å². The maximum Gasteiger partial charge on any atom is 0.0336 e. The minimum Gasteiger partial charge on any atom is -0.127 e. The zero-order valence-electron chi connectivity index (χ0n) is 12.9. The van der Waals surface area contributed by atoms with Crippen molar-refractivity contribution in [3.05, 3.63) is 0 Å². The summed E-state index contributed by atoms with van der Waals surface area (Å²) in [5, 5.41) is 0.425. The molecule has 0 amide bonds. The van der Waals surface area contributed by atoms with Gasteiger partial charge in [0.2, 0.25) is 0 Å². The average Bonchev–Trinajstić information content (AvgIpc) is 2.41. The number of rotatable bonds is 15. The molecule has 2 heteroatoms. The maximum absolute atomic E-state index is 6.37. The first-order valence-corrected chi connectivity index (χ1v) is 9.48. The Labute approximate surface area is 131 Å². The molecule has 0 aromatic rings. The zero-order chi connectivity index (χ0) is 14.2. The summed E-state index contributed by atoms with van der Waals surface area (Å²) in [5.41, 5.74) is 0.